The second-order valence-electron chi connectivity index (χ2n) is 6.81. The van der Waals surface area contributed by atoms with Crippen LogP contribution in [0.4, 0.5) is 17.6 Å². The van der Waals surface area contributed by atoms with Crippen LogP contribution in [-0.2, 0) is 15.8 Å². The summed E-state index contributed by atoms with van der Waals surface area (Å²) in [6, 6.07) is 7.03. The van der Waals surface area contributed by atoms with Gasteiger partial charge in [0.15, 0.2) is 17.4 Å². The number of ketones is 2. The molecule has 0 radical (unpaired) electrons. The number of benzene rings is 1. The number of hydrogen-bond donors (Lipinski definition) is 1. The fraction of sp³-hybridized carbons (Fsp3) is 0.286. The third-order valence-corrected chi connectivity index (χ3v) is 5.75. The molecular weight excluding hydrogens is 422 g/mol. The summed E-state index contributed by atoms with van der Waals surface area (Å²) >= 11 is 0.869. The zero-order chi connectivity index (χ0) is 22.1. The lowest BCUT2D eigenvalue weighted by atomic mass is 9.79. The fourth-order valence-electron chi connectivity index (χ4n) is 3.19. The highest BCUT2D eigenvalue weighted by molar-refractivity contribution is 7.99. The highest BCUT2D eigenvalue weighted by Crippen LogP contribution is 2.36. The molecule has 30 heavy (non-hydrogen) atoms. The lowest BCUT2D eigenvalue weighted by Gasteiger charge is -2.23. The summed E-state index contributed by atoms with van der Waals surface area (Å²) in [4.78, 5) is 28.6. The van der Waals surface area contributed by atoms with Crippen molar-refractivity contribution in [3.8, 4) is 0 Å². The number of carbonyl (C=O) groups is 2. The number of aliphatic hydroxyl groups excluding tert-OH is 1. The van der Waals surface area contributed by atoms with Crippen LogP contribution in [0.1, 0.15) is 43.2 Å². The topological polar surface area (TPSA) is 67.3 Å². The lowest BCUT2D eigenvalue weighted by Crippen LogP contribution is -2.26. The maximum absolute atomic E-state index is 14.0. The van der Waals surface area contributed by atoms with E-state index in [4.69, 9.17) is 0 Å². The van der Waals surface area contributed by atoms with Gasteiger partial charge in [-0.2, -0.15) is 13.2 Å². The number of aromatic nitrogens is 1. The monoisotopic (exact) mass is 439 g/mol. The first-order valence-electron chi connectivity index (χ1n) is 9.09. The quantitative estimate of drug-likeness (QED) is 0.290. The molecule has 0 aliphatic heterocycles. The first-order valence-corrected chi connectivity index (χ1v) is 9.90. The highest BCUT2D eigenvalue weighted by Gasteiger charge is 2.34. The van der Waals surface area contributed by atoms with Gasteiger partial charge >= 0.3 is 6.18 Å². The SMILES string of the molecule is CCC(O)=C1C(=O)CC(c2ccc(Sc3ncc(C(F)(F)F)cc3F)cc2)CC1=O. The normalized spacial score (nSPS) is 17.4. The Kier molecular flexibility index (Phi) is 6.30. The molecule has 9 heteroatoms. The van der Waals surface area contributed by atoms with Crippen LogP contribution in [0, 0.1) is 5.82 Å². The van der Waals surface area contributed by atoms with Crippen molar-refractivity contribution in [2.75, 3.05) is 0 Å². The number of nitrogens with zero attached hydrogens (tertiary/aromatic N) is 1. The molecule has 0 unspecified atom stereocenters. The number of carbonyl (C=O) groups excluding carboxylic acids is 2. The van der Waals surface area contributed by atoms with Gasteiger partial charge in [-0.1, -0.05) is 30.8 Å². The third-order valence-electron chi connectivity index (χ3n) is 4.75. The molecule has 1 fully saturated rings. The molecule has 0 amide bonds. The molecule has 3 rings (SSSR count). The smallest absolute Gasteiger partial charge is 0.417 e. The summed E-state index contributed by atoms with van der Waals surface area (Å²) in [5.41, 5.74) is -0.546. The average molecular weight is 439 g/mol. The molecule has 2 aromatic rings. The number of pyridine rings is 1. The second-order valence-corrected chi connectivity index (χ2v) is 7.87. The third kappa shape index (κ3) is 4.72. The molecule has 0 atom stereocenters. The number of rotatable bonds is 4. The number of allylic oxidation sites excluding steroid dienone is 2. The molecule has 1 aromatic heterocycles. The Morgan fingerprint density at radius 3 is 2.27 bits per heavy atom. The van der Waals surface area contributed by atoms with Crippen molar-refractivity contribution in [1.29, 1.82) is 0 Å². The minimum absolute atomic E-state index is 0.0900. The Hall–Kier alpha value is -2.68. The van der Waals surface area contributed by atoms with Crippen LogP contribution in [0.3, 0.4) is 0 Å². The first-order chi connectivity index (χ1) is 14.1. The van der Waals surface area contributed by atoms with Crippen LogP contribution in [0.15, 0.2) is 57.8 Å². The van der Waals surface area contributed by atoms with E-state index in [0.717, 1.165) is 17.3 Å². The largest absolute Gasteiger partial charge is 0.511 e. The van der Waals surface area contributed by atoms with Crippen molar-refractivity contribution < 1.29 is 32.3 Å². The summed E-state index contributed by atoms with van der Waals surface area (Å²) in [7, 11) is 0. The maximum Gasteiger partial charge on any atom is 0.417 e. The van der Waals surface area contributed by atoms with Crippen LogP contribution in [-0.4, -0.2) is 21.7 Å². The summed E-state index contributed by atoms with van der Waals surface area (Å²) in [6.07, 6.45) is -3.70. The predicted molar refractivity (Wildman–Crippen MR) is 102 cm³/mol. The average Bonchev–Trinajstić information content (AvgIpc) is 2.68. The lowest BCUT2D eigenvalue weighted by molar-refractivity contribution is -0.138. The highest BCUT2D eigenvalue weighted by atomic mass is 32.2. The van der Waals surface area contributed by atoms with Crippen LogP contribution in [0.25, 0.3) is 0 Å². The molecule has 158 valence electrons. The van der Waals surface area contributed by atoms with Crippen molar-refractivity contribution >= 4 is 23.3 Å². The Balaban J connectivity index is 1.73. The van der Waals surface area contributed by atoms with Crippen LogP contribution in [0.5, 0.6) is 0 Å². The molecule has 1 aliphatic rings. The van der Waals surface area contributed by atoms with Crippen molar-refractivity contribution in [2.24, 2.45) is 0 Å². The van der Waals surface area contributed by atoms with Gasteiger partial charge in [-0.25, -0.2) is 9.37 Å². The number of Topliss-reactive ketones (excluding diaryl/α,β-unsaturated/α-hetero) is 2. The minimum Gasteiger partial charge on any atom is -0.511 e. The van der Waals surface area contributed by atoms with Gasteiger partial charge in [0.05, 0.1) is 11.1 Å². The van der Waals surface area contributed by atoms with Gasteiger partial charge in [0, 0.05) is 30.4 Å². The van der Waals surface area contributed by atoms with Crippen molar-refractivity contribution in [2.45, 2.75) is 48.2 Å². The molecule has 4 nitrogen and oxygen atoms in total. The van der Waals surface area contributed by atoms with E-state index in [1.54, 1.807) is 31.2 Å². The molecule has 1 heterocycles. The van der Waals surface area contributed by atoms with Gasteiger partial charge in [0.25, 0.3) is 0 Å². The zero-order valence-corrected chi connectivity index (χ0v) is 16.6. The number of hydrogen-bond acceptors (Lipinski definition) is 5. The van der Waals surface area contributed by atoms with E-state index in [-0.39, 0.29) is 41.5 Å². The van der Waals surface area contributed by atoms with E-state index < -0.39 is 29.1 Å². The number of aliphatic hydroxyl groups is 1. The van der Waals surface area contributed by atoms with Gasteiger partial charge in [-0.05, 0) is 29.7 Å². The van der Waals surface area contributed by atoms with E-state index in [2.05, 4.69) is 4.98 Å². The van der Waals surface area contributed by atoms with Crippen molar-refractivity contribution in [3.05, 3.63) is 64.8 Å². The van der Waals surface area contributed by atoms with Crippen LogP contribution >= 0.6 is 11.8 Å². The standard InChI is InChI=1S/C21H17F4NO3S/c1-2-16(27)19-17(28)7-12(8-18(19)29)11-3-5-14(6-4-11)30-20-15(22)9-13(10-26-20)21(23,24)25/h3-6,9-10,12,27H,2,7-8H2,1H3. The summed E-state index contributed by atoms with van der Waals surface area (Å²) in [6.45, 7) is 1.65. The van der Waals surface area contributed by atoms with E-state index in [0.29, 0.717) is 17.2 Å². The van der Waals surface area contributed by atoms with E-state index >= 15 is 0 Å². The number of halogens is 4. The molecule has 1 aromatic carbocycles. The molecule has 0 spiro atoms. The fourth-order valence-corrected chi connectivity index (χ4v) is 3.95. The Labute approximate surface area is 174 Å². The summed E-state index contributed by atoms with van der Waals surface area (Å²) < 4.78 is 51.8. The van der Waals surface area contributed by atoms with Gasteiger partial charge in [0.2, 0.25) is 0 Å². The van der Waals surface area contributed by atoms with Gasteiger partial charge in [-0.3, -0.25) is 9.59 Å². The minimum atomic E-state index is -4.67. The van der Waals surface area contributed by atoms with Crippen molar-refractivity contribution in [3.63, 3.8) is 0 Å². The Morgan fingerprint density at radius 2 is 1.77 bits per heavy atom. The molecule has 1 aliphatic carbocycles. The molecular formula is C21H17F4NO3S. The predicted octanol–water partition coefficient (Wildman–Crippen LogP) is 5.63. The number of alkyl halides is 3. The molecule has 1 N–H and O–H groups in total. The molecule has 0 saturated heterocycles. The molecule has 0 bridgehead atoms. The van der Waals surface area contributed by atoms with Gasteiger partial charge < -0.3 is 5.11 Å². The first kappa shape index (κ1) is 22.0. The Morgan fingerprint density at radius 1 is 1.17 bits per heavy atom. The second kappa shape index (κ2) is 8.59. The van der Waals surface area contributed by atoms with E-state index in [9.17, 15) is 32.3 Å². The zero-order valence-electron chi connectivity index (χ0n) is 15.8. The summed E-state index contributed by atoms with van der Waals surface area (Å²) in [5, 5.41) is 9.59. The van der Waals surface area contributed by atoms with E-state index in [1.165, 1.54) is 0 Å². The van der Waals surface area contributed by atoms with Crippen LogP contribution in [0.2, 0.25) is 0 Å². The maximum atomic E-state index is 14.0. The van der Waals surface area contributed by atoms with Crippen molar-refractivity contribution in [1.82, 2.24) is 4.98 Å². The van der Waals surface area contributed by atoms with E-state index in [1.807, 2.05) is 0 Å². The van der Waals surface area contributed by atoms with Gasteiger partial charge in [0.1, 0.15) is 10.8 Å². The molecule has 1 saturated carbocycles. The van der Waals surface area contributed by atoms with Gasteiger partial charge in [-0.15, -0.1) is 0 Å². The van der Waals surface area contributed by atoms with Crippen LogP contribution < -0.4 is 0 Å². The Bertz CT molecular complexity index is 996. The summed E-state index contributed by atoms with van der Waals surface area (Å²) in [5.74, 6) is -2.40.